The third kappa shape index (κ3) is 1.92. The monoisotopic (exact) mass is 265 g/mol. The van der Waals surface area contributed by atoms with Gasteiger partial charge < -0.3 is 10.0 Å². The van der Waals surface area contributed by atoms with Crippen LogP contribution in [-0.2, 0) is 16.1 Å². The lowest BCUT2D eigenvalue weighted by molar-refractivity contribution is -0.154. The zero-order valence-corrected chi connectivity index (χ0v) is 10.8. The van der Waals surface area contributed by atoms with Crippen LogP contribution < -0.4 is 0 Å². The quantitative estimate of drug-likeness (QED) is 0.829. The lowest BCUT2D eigenvalue weighted by Crippen LogP contribution is -2.41. The molecule has 0 spiro atoms. The van der Waals surface area contributed by atoms with Crippen molar-refractivity contribution in [3.8, 4) is 0 Å². The molecule has 0 atom stereocenters. The van der Waals surface area contributed by atoms with Crippen molar-refractivity contribution in [3.05, 3.63) is 22.4 Å². The largest absolute Gasteiger partial charge is 0.480 e. The summed E-state index contributed by atoms with van der Waals surface area (Å²) < 4.78 is 0. The van der Waals surface area contributed by atoms with Gasteiger partial charge in [-0.3, -0.25) is 9.59 Å². The van der Waals surface area contributed by atoms with E-state index in [0.717, 1.165) is 18.4 Å². The van der Waals surface area contributed by atoms with E-state index in [2.05, 4.69) is 0 Å². The number of hydrogen-bond acceptors (Lipinski definition) is 3. The molecular weight excluding hydrogens is 250 g/mol. The van der Waals surface area contributed by atoms with Gasteiger partial charge in [0.1, 0.15) is 5.41 Å². The zero-order chi connectivity index (χ0) is 12.8. The van der Waals surface area contributed by atoms with Crippen LogP contribution >= 0.6 is 11.3 Å². The van der Waals surface area contributed by atoms with Crippen LogP contribution in [0.2, 0.25) is 0 Å². The molecule has 2 aliphatic rings. The lowest BCUT2D eigenvalue weighted by Gasteiger charge is -2.25. The number of aliphatic carboxylic acids is 1. The molecule has 3 rings (SSSR count). The Hall–Kier alpha value is -1.36. The van der Waals surface area contributed by atoms with Gasteiger partial charge in [0.05, 0.1) is 0 Å². The molecule has 1 aromatic heterocycles. The highest BCUT2D eigenvalue weighted by Crippen LogP contribution is 2.49. The molecule has 0 aromatic carbocycles. The van der Waals surface area contributed by atoms with E-state index in [1.54, 1.807) is 16.2 Å². The summed E-state index contributed by atoms with van der Waals surface area (Å²) in [6, 6.07) is 2.25. The fourth-order valence-electron chi connectivity index (χ4n) is 2.25. The first-order valence-electron chi connectivity index (χ1n) is 6.19. The molecule has 1 amide bonds. The number of rotatable bonds is 5. The van der Waals surface area contributed by atoms with Crippen LogP contribution in [-0.4, -0.2) is 27.9 Å². The highest BCUT2D eigenvalue weighted by Gasteiger charge is 2.59. The minimum Gasteiger partial charge on any atom is -0.480 e. The predicted octanol–water partition coefficient (Wildman–Crippen LogP) is 2.10. The molecule has 0 radical (unpaired) electrons. The zero-order valence-electron chi connectivity index (χ0n) is 9.96. The van der Waals surface area contributed by atoms with E-state index in [0.29, 0.717) is 19.4 Å². The van der Waals surface area contributed by atoms with Crippen LogP contribution in [0.4, 0.5) is 0 Å². The van der Waals surface area contributed by atoms with Crippen LogP contribution in [0, 0.1) is 5.41 Å². The summed E-state index contributed by atoms with van der Waals surface area (Å²) in [5.74, 6) is -1.13. The molecule has 0 aliphatic heterocycles. The Bertz CT molecular complexity index is 474. The summed E-state index contributed by atoms with van der Waals surface area (Å²) >= 11 is 1.60. The van der Waals surface area contributed by atoms with E-state index in [4.69, 9.17) is 0 Å². The summed E-state index contributed by atoms with van der Waals surface area (Å²) in [7, 11) is 0. The standard InChI is InChI=1S/C13H15NO3S/c15-11(13(4-5-13)12(16)17)14(10-1-2-10)7-9-3-6-18-8-9/h3,6,8,10H,1-2,4-5,7H2,(H,16,17). The SMILES string of the molecule is O=C(O)C1(C(=O)N(Cc2ccsc2)C2CC2)CC1. The molecule has 0 saturated heterocycles. The molecule has 0 bridgehead atoms. The highest BCUT2D eigenvalue weighted by atomic mass is 32.1. The van der Waals surface area contributed by atoms with Crippen LogP contribution in [0.25, 0.3) is 0 Å². The molecule has 2 fully saturated rings. The fourth-order valence-corrected chi connectivity index (χ4v) is 2.91. The van der Waals surface area contributed by atoms with Gasteiger partial charge >= 0.3 is 5.97 Å². The number of carbonyl (C=O) groups is 2. The van der Waals surface area contributed by atoms with Gasteiger partial charge in [-0.2, -0.15) is 11.3 Å². The maximum atomic E-state index is 12.4. The van der Waals surface area contributed by atoms with E-state index >= 15 is 0 Å². The molecule has 1 N–H and O–H groups in total. The summed E-state index contributed by atoms with van der Waals surface area (Å²) in [6.07, 6.45) is 3.00. The molecule has 2 aliphatic carbocycles. The Kier molecular flexibility index (Phi) is 2.66. The predicted molar refractivity (Wildman–Crippen MR) is 67.2 cm³/mol. The van der Waals surface area contributed by atoms with Gasteiger partial charge in [-0.05, 0) is 48.1 Å². The van der Waals surface area contributed by atoms with E-state index in [1.165, 1.54) is 0 Å². The van der Waals surface area contributed by atoms with Gasteiger partial charge in [-0.15, -0.1) is 0 Å². The van der Waals surface area contributed by atoms with E-state index < -0.39 is 11.4 Å². The molecule has 4 nitrogen and oxygen atoms in total. The Labute approximate surface area is 109 Å². The van der Waals surface area contributed by atoms with Crippen molar-refractivity contribution in [1.82, 2.24) is 4.90 Å². The molecule has 1 aromatic rings. The number of nitrogens with zero attached hydrogens (tertiary/aromatic N) is 1. The number of carboxylic acids is 1. The molecule has 2 saturated carbocycles. The Morgan fingerprint density at radius 3 is 2.61 bits per heavy atom. The van der Waals surface area contributed by atoms with Gasteiger partial charge in [0.25, 0.3) is 0 Å². The summed E-state index contributed by atoms with van der Waals surface area (Å²) in [6.45, 7) is 0.558. The van der Waals surface area contributed by atoms with Gasteiger partial charge in [0.15, 0.2) is 0 Å². The molecule has 5 heteroatoms. The first-order chi connectivity index (χ1) is 8.63. The summed E-state index contributed by atoms with van der Waals surface area (Å²) in [5, 5.41) is 13.2. The number of thiophene rings is 1. The third-order valence-corrected chi connectivity index (χ3v) is 4.48. The molecule has 0 unspecified atom stereocenters. The first kappa shape index (κ1) is 11.7. The molecule has 18 heavy (non-hydrogen) atoms. The van der Waals surface area contributed by atoms with Crippen molar-refractivity contribution in [1.29, 1.82) is 0 Å². The topological polar surface area (TPSA) is 57.6 Å². The van der Waals surface area contributed by atoms with Crippen molar-refractivity contribution in [2.24, 2.45) is 5.41 Å². The lowest BCUT2D eigenvalue weighted by atomic mass is 10.1. The van der Waals surface area contributed by atoms with Crippen molar-refractivity contribution in [3.63, 3.8) is 0 Å². The van der Waals surface area contributed by atoms with Crippen molar-refractivity contribution < 1.29 is 14.7 Å². The second kappa shape index (κ2) is 4.09. The van der Waals surface area contributed by atoms with Crippen LogP contribution in [0.5, 0.6) is 0 Å². The van der Waals surface area contributed by atoms with Gasteiger partial charge in [-0.25, -0.2) is 0 Å². The van der Waals surface area contributed by atoms with Crippen LogP contribution in [0.3, 0.4) is 0 Å². The summed E-state index contributed by atoms with van der Waals surface area (Å²) in [5.41, 5.74) is -0.0000454. The van der Waals surface area contributed by atoms with Crippen molar-refractivity contribution in [2.75, 3.05) is 0 Å². The second-order valence-corrected chi connectivity index (χ2v) is 5.96. The average Bonchev–Trinajstić information content (AvgIpc) is 3.24. The maximum Gasteiger partial charge on any atom is 0.319 e. The number of carboxylic acid groups (broad SMARTS) is 1. The second-order valence-electron chi connectivity index (χ2n) is 5.18. The Morgan fingerprint density at radius 2 is 2.17 bits per heavy atom. The number of carbonyl (C=O) groups excluding carboxylic acids is 1. The highest BCUT2D eigenvalue weighted by molar-refractivity contribution is 7.07. The smallest absolute Gasteiger partial charge is 0.319 e. The van der Waals surface area contributed by atoms with Gasteiger partial charge in [-0.1, -0.05) is 0 Å². The Balaban J connectivity index is 1.78. The molecular formula is C13H15NO3S. The first-order valence-corrected chi connectivity index (χ1v) is 7.13. The fraction of sp³-hybridized carbons (Fsp3) is 0.538. The van der Waals surface area contributed by atoms with E-state index in [9.17, 15) is 14.7 Å². The van der Waals surface area contributed by atoms with Crippen molar-refractivity contribution >= 4 is 23.2 Å². The Morgan fingerprint density at radius 1 is 1.44 bits per heavy atom. The van der Waals surface area contributed by atoms with E-state index in [-0.39, 0.29) is 11.9 Å². The van der Waals surface area contributed by atoms with Gasteiger partial charge in [0.2, 0.25) is 5.91 Å². The maximum absolute atomic E-state index is 12.4. The summed E-state index contributed by atoms with van der Waals surface area (Å²) in [4.78, 5) is 25.4. The minimum atomic E-state index is -1.10. The molecule has 96 valence electrons. The number of hydrogen-bond donors (Lipinski definition) is 1. The van der Waals surface area contributed by atoms with Crippen LogP contribution in [0.1, 0.15) is 31.2 Å². The number of amides is 1. The molecule has 1 heterocycles. The third-order valence-electron chi connectivity index (χ3n) is 3.75. The van der Waals surface area contributed by atoms with Crippen LogP contribution in [0.15, 0.2) is 16.8 Å². The van der Waals surface area contributed by atoms with E-state index in [1.807, 2.05) is 16.8 Å². The normalized spacial score (nSPS) is 20.4. The van der Waals surface area contributed by atoms with Gasteiger partial charge in [0, 0.05) is 12.6 Å². The average molecular weight is 265 g/mol. The minimum absolute atomic E-state index is 0.177. The van der Waals surface area contributed by atoms with Crippen molar-refractivity contribution in [2.45, 2.75) is 38.3 Å².